The van der Waals surface area contributed by atoms with Crippen molar-refractivity contribution in [2.45, 2.75) is 31.3 Å². The number of guanidine groups is 1. The minimum absolute atomic E-state index is 0. The molecule has 1 aliphatic heterocycles. The summed E-state index contributed by atoms with van der Waals surface area (Å²) in [6, 6.07) is 2.75. The number of sulfonamides is 1. The zero-order chi connectivity index (χ0) is 21.8. The van der Waals surface area contributed by atoms with Crippen molar-refractivity contribution in [3.8, 4) is 0 Å². The van der Waals surface area contributed by atoms with Crippen molar-refractivity contribution < 1.29 is 30.4 Å². The number of piperidine rings is 1. The zero-order valence-electron chi connectivity index (χ0n) is 16.3. The first kappa shape index (κ1) is 26.8. The number of halogens is 6. The molecule has 172 valence electrons. The smallest absolute Gasteiger partial charge is 0.356 e. The van der Waals surface area contributed by atoms with Crippen molar-refractivity contribution in [1.82, 2.24) is 14.9 Å². The fourth-order valence-electron chi connectivity index (χ4n) is 3.07. The van der Waals surface area contributed by atoms with Gasteiger partial charge in [-0.05, 0) is 31.7 Å². The lowest BCUT2D eigenvalue weighted by Crippen LogP contribution is -2.47. The molecule has 1 heterocycles. The monoisotopic (exact) mass is 570 g/mol. The van der Waals surface area contributed by atoms with Gasteiger partial charge < -0.3 is 10.6 Å². The maximum atomic E-state index is 13.9. The predicted molar refractivity (Wildman–Crippen MR) is 114 cm³/mol. The van der Waals surface area contributed by atoms with Crippen LogP contribution in [0.4, 0.5) is 22.0 Å². The number of aliphatic imine (C=N–C) groups is 1. The summed E-state index contributed by atoms with van der Waals surface area (Å²) in [5.41, 5.74) is -5.05. The Morgan fingerprint density at radius 1 is 1.27 bits per heavy atom. The summed E-state index contributed by atoms with van der Waals surface area (Å²) in [4.78, 5) is 4.01. The van der Waals surface area contributed by atoms with Gasteiger partial charge in [0.25, 0.3) is 0 Å². The molecule has 13 heteroatoms. The number of nitrogens with zero attached hydrogens (tertiary/aromatic N) is 2. The highest BCUT2D eigenvalue weighted by Gasteiger charge is 2.50. The van der Waals surface area contributed by atoms with Crippen LogP contribution in [-0.4, -0.2) is 50.9 Å². The normalized spacial score (nSPS) is 17.9. The first-order chi connectivity index (χ1) is 13.5. The molecule has 1 aromatic carbocycles. The quantitative estimate of drug-likeness (QED) is 0.247. The van der Waals surface area contributed by atoms with Crippen molar-refractivity contribution >= 4 is 40.0 Å². The highest BCUT2D eigenvalue weighted by molar-refractivity contribution is 14.0. The number of nitrogens with one attached hydrogen (secondary N) is 2. The standard InChI is InChI=1S/C17H23F5N4O2S.HI/c1-11(14-4-3-13(18)9-15(14)19)25-16(23-2)24-10-12-5-7-26(8-6-12)29(27,28)17(20,21)22;/h3-4,9,11-12H,5-8,10H2,1-2H3,(H2,23,24,25);1H. The zero-order valence-corrected chi connectivity index (χ0v) is 19.5. The first-order valence-corrected chi connectivity index (χ1v) is 10.4. The highest BCUT2D eigenvalue weighted by Crippen LogP contribution is 2.30. The average molecular weight is 570 g/mol. The van der Waals surface area contributed by atoms with Gasteiger partial charge in [0, 0.05) is 38.3 Å². The Morgan fingerprint density at radius 3 is 2.37 bits per heavy atom. The van der Waals surface area contributed by atoms with Gasteiger partial charge in [0.2, 0.25) is 0 Å². The van der Waals surface area contributed by atoms with Crippen LogP contribution in [0, 0.1) is 17.6 Å². The molecule has 0 bridgehead atoms. The molecule has 1 aliphatic rings. The van der Waals surface area contributed by atoms with Gasteiger partial charge in [0.15, 0.2) is 5.96 Å². The summed E-state index contributed by atoms with van der Waals surface area (Å²) in [6.07, 6.45) is 0.531. The molecule has 1 aromatic rings. The van der Waals surface area contributed by atoms with Crippen LogP contribution >= 0.6 is 24.0 Å². The Balaban J connectivity index is 0.00000450. The lowest BCUT2D eigenvalue weighted by molar-refractivity contribution is -0.0496. The summed E-state index contributed by atoms with van der Waals surface area (Å²) >= 11 is 0. The van der Waals surface area contributed by atoms with Crippen LogP contribution in [0.1, 0.15) is 31.4 Å². The molecule has 0 amide bonds. The van der Waals surface area contributed by atoms with Gasteiger partial charge in [-0.25, -0.2) is 17.2 Å². The third-order valence-electron chi connectivity index (χ3n) is 4.77. The maximum Gasteiger partial charge on any atom is 0.511 e. The molecule has 1 saturated heterocycles. The van der Waals surface area contributed by atoms with E-state index >= 15 is 0 Å². The lowest BCUT2D eigenvalue weighted by atomic mass is 9.98. The second-order valence-corrected chi connectivity index (χ2v) is 8.71. The van der Waals surface area contributed by atoms with Crippen LogP contribution in [0.3, 0.4) is 0 Å². The number of benzene rings is 1. The first-order valence-electron chi connectivity index (χ1n) is 8.94. The topological polar surface area (TPSA) is 73.8 Å². The van der Waals surface area contributed by atoms with E-state index in [0.717, 1.165) is 12.1 Å². The minimum Gasteiger partial charge on any atom is -0.356 e. The summed E-state index contributed by atoms with van der Waals surface area (Å²) in [7, 11) is -3.80. The van der Waals surface area contributed by atoms with Crippen LogP contribution in [0.5, 0.6) is 0 Å². The van der Waals surface area contributed by atoms with Gasteiger partial charge in [0.1, 0.15) is 11.6 Å². The fraction of sp³-hybridized carbons (Fsp3) is 0.588. The third kappa shape index (κ3) is 6.64. The molecule has 1 fully saturated rings. The van der Waals surface area contributed by atoms with Crippen LogP contribution in [0.15, 0.2) is 23.2 Å². The summed E-state index contributed by atoms with van der Waals surface area (Å²) in [5.74, 6) is -1.09. The molecule has 1 unspecified atom stereocenters. The number of alkyl halides is 3. The van der Waals surface area contributed by atoms with Crippen molar-refractivity contribution in [3.05, 3.63) is 35.4 Å². The average Bonchev–Trinajstić information content (AvgIpc) is 2.64. The van der Waals surface area contributed by atoms with Gasteiger partial charge in [-0.1, -0.05) is 6.07 Å². The van der Waals surface area contributed by atoms with E-state index in [0.29, 0.717) is 16.8 Å². The third-order valence-corrected chi connectivity index (χ3v) is 6.40. The van der Waals surface area contributed by atoms with Crippen molar-refractivity contribution in [2.75, 3.05) is 26.7 Å². The van der Waals surface area contributed by atoms with E-state index < -0.39 is 33.2 Å². The molecule has 0 aliphatic carbocycles. The molecule has 1 atom stereocenters. The minimum atomic E-state index is -5.30. The predicted octanol–water partition coefficient (Wildman–Crippen LogP) is 3.37. The molecule has 0 aromatic heterocycles. The Hall–Kier alpha value is -1.22. The molecular weight excluding hydrogens is 546 g/mol. The Bertz CT molecular complexity index is 843. The SMILES string of the molecule is CN=C(NCC1CCN(S(=O)(=O)C(F)(F)F)CC1)NC(C)c1ccc(F)cc1F.I. The highest BCUT2D eigenvalue weighted by atomic mass is 127. The van der Waals surface area contributed by atoms with E-state index in [1.807, 2.05) is 0 Å². The second kappa shape index (κ2) is 10.9. The summed E-state index contributed by atoms with van der Waals surface area (Å²) in [5, 5.41) is 5.96. The molecule has 2 rings (SSSR count). The van der Waals surface area contributed by atoms with Gasteiger partial charge in [0.05, 0.1) is 6.04 Å². The molecule has 0 spiro atoms. The van der Waals surface area contributed by atoms with E-state index in [9.17, 15) is 30.4 Å². The van der Waals surface area contributed by atoms with Gasteiger partial charge in [-0.15, -0.1) is 24.0 Å². The lowest BCUT2D eigenvalue weighted by Gasteiger charge is -2.32. The van der Waals surface area contributed by atoms with E-state index in [1.54, 1.807) is 6.92 Å². The van der Waals surface area contributed by atoms with E-state index in [-0.39, 0.29) is 61.4 Å². The summed E-state index contributed by atoms with van der Waals surface area (Å²) < 4.78 is 88.1. The van der Waals surface area contributed by atoms with Gasteiger partial charge in [-0.3, -0.25) is 4.99 Å². The van der Waals surface area contributed by atoms with E-state index in [2.05, 4.69) is 15.6 Å². The Kier molecular flexibility index (Phi) is 9.73. The van der Waals surface area contributed by atoms with E-state index in [1.165, 1.54) is 13.1 Å². The van der Waals surface area contributed by atoms with E-state index in [4.69, 9.17) is 0 Å². The number of hydrogen-bond acceptors (Lipinski definition) is 3. The summed E-state index contributed by atoms with van der Waals surface area (Å²) in [6.45, 7) is 1.61. The van der Waals surface area contributed by atoms with Crippen molar-refractivity contribution in [1.29, 1.82) is 0 Å². The Morgan fingerprint density at radius 2 is 1.87 bits per heavy atom. The molecule has 6 nitrogen and oxygen atoms in total. The maximum absolute atomic E-state index is 13.9. The molecule has 0 radical (unpaired) electrons. The number of rotatable bonds is 5. The number of hydrogen-bond donors (Lipinski definition) is 2. The largest absolute Gasteiger partial charge is 0.511 e. The van der Waals surface area contributed by atoms with Crippen molar-refractivity contribution in [2.24, 2.45) is 10.9 Å². The second-order valence-electron chi connectivity index (χ2n) is 6.78. The molecular formula is C17H24F5IN4O2S. The van der Waals surface area contributed by atoms with Crippen LogP contribution in [-0.2, 0) is 10.0 Å². The van der Waals surface area contributed by atoms with Crippen LogP contribution in [0.2, 0.25) is 0 Å². The van der Waals surface area contributed by atoms with Crippen LogP contribution in [0.25, 0.3) is 0 Å². The van der Waals surface area contributed by atoms with Gasteiger partial charge in [-0.2, -0.15) is 17.5 Å². The van der Waals surface area contributed by atoms with Gasteiger partial charge >= 0.3 is 15.5 Å². The molecule has 30 heavy (non-hydrogen) atoms. The molecule has 2 N–H and O–H groups in total. The molecule has 0 saturated carbocycles. The van der Waals surface area contributed by atoms with Crippen LogP contribution < -0.4 is 10.6 Å². The fourth-order valence-corrected chi connectivity index (χ4v) is 4.06. The Labute approximate surface area is 189 Å². The van der Waals surface area contributed by atoms with Crippen molar-refractivity contribution in [3.63, 3.8) is 0 Å².